The minimum atomic E-state index is -4.90. The molecule has 142 valence electrons. The molecule has 0 saturated carbocycles. The van der Waals surface area contributed by atoms with E-state index in [2.05, 4.69) is 9.82 Å². The van der Waals surface area contributed by atoms with Crippen LogP contribution in [0.15, 0.2) is 16.9 Å². The van der Waals surface area contributed by atoms with Crippen molar-refractivity contribution >= 4 is 34.3 Å². The van der Waals surface area contributed by atoms with Crippen molar-refractivity contribution in [2.24, 2.45) is 12.8 Å². The van der Waals surface area contributed by atoms with Gasteiger partial charge in [0.05, 0.1) is 17.0 Å². The molecule has 0 saturated heterocycles. The van der Waals surface area contributed by atoms with E-state index in [1.807, 2.05) is 0 Å². The van der Waals surface area contributed by atoms with Gasteiger partial charge in [-0.05, 0) is 19.1 Å². The minimum Gasteiger partial charge on any atom is -0.593 e. The maximum absolute atomic E-state index is 14.4. The van der Waals surface area contributed by atoms with Gasteiger partial charge < -0.3 is 10.3 Å². The van der Waals surface area contributed by atoms with E-state index in [1.54, 1.807) is 6.92 Å². The van der Waals surface area contributed by atoms with Crippen LogP contribution in [0.4, 0.5) is 23.2 Å². The number of anilines is 1. The average molecular weight is 411 g/mol. The first-order chi connectivity index (χ1) is 12.0. The van der Waals surface area contributed by atoms with Crippen LogP contribution >= 0.6 is 12.2 Å². The Hall–Kier alpha value is -2.12. The van der Waals surface area contributed by atoms with E-state index < -0.39 is 40.6 Å². The third kappa shape index (κ3) is 3.83. The lowest BCUT2D eigenvalue weighted by atomic mass is 10.1. The van der Waals surface area contributed by atoms with Crippen molar-refractivity contribution in [2.45, 2.75) is 13.1 Å². The first-order valence-corrected chi connectivity index (χ1v) is 8.72. The second-order valence-corrected chi connectivity index (χ2v) is 6.94. The number of halogens is 4. The zero-order valence-electron chi connectivity index (χ0n) is 13.4. The highest BCUT2D eigenvalue weighted by Crippen LogP contribution is 2.28. The van der Waals surface area contributed by atoms with Crippen molar-refractivity contribution in [1.29, 1.82) is 0 Å². The minimum absolute atomic E-state index is 0.000181. The molecule has 0 radical (unpaired) electrons. The third-order valence-electron chi connectivity index (χ3n) is 3.30. The van der Waals surface area contributed by atoms with E-state index in [9.17, 15) is 26.9 Å². The fourth-order valence-electron chi connectivity index (χ4n) is 2.05. The topological polar surface area (TPSA) is 101 Å². The molecular formula is C13H13F4N5O2S2. The summed E-state index contributed by atoms with van der Waals surface area (Å²) in [6, 6.07) is 1.81. The van der Waals surface area contributed by atoms with Gasteiger partial charge in [-0.2, -0.15) is 17.9 Å². The highest BCUT2D eigenvalue weighted by molar-refractivity contribution is 7.92. The van der Waals surface area contributed by atoms with E-state index in [0.717, 1.165) is 19.2 Å². The van der Waals surface area contributed by atoms with E-state index in [0.29, 0.717) is 0 Å². The molecule has 0 amide bonds. The Labute approximate surface area is 153 Å². The summed E-state index contributed by atoms with van der Waals surface area (Å²) in [5.41, 5.74) is 3.70. The molecular weight excluding hydrogens is 398 g/mol. The Morgan fingerprint density at radius 3 is 2.54 bits per heavy atom. The van der Waals surface area contributed by atoms with Crippen LogP contribution in [-0.2, 0) is 24.6 Å². The lowest BCUT2D eigenvalue weighted by molar-refractivity contribution is -0.147. The molecule has 0 aliphatic heterocycles. The Balaban J connectivity index is 2.70. The number of hydrogen-bond donors (Lipinski definition) is 2. The molecule has 1 atom stereocenters. The molecule has 0 bridgehead atoms. The van der Waals surface area contributed by atoms with Gasteiger partial charge in [0.25, 0.3) is 0 Å². The highest BCUT2D eigenvalue weighted by Gasteiger charge is 2.38. The molecule has 13 heteroatoms. The maximum Gasteiger partial charge on any atom is 0.451 e. The fourth-order valence-corrected chi connectivity index (χ4v) is 2.78. The zero-order valence-corrected chi connectivity index (χ0v) is 15.1. The molecule has 7 nitrogen and oxygen atoms in total. The number of benzene rings is 1. The summed E-state index contributed by atoms with van der Waals surface area (Å²) in [7, 11) is 0.862. The van der Waals surface area contributed by atoms with Crippen LogP contribution < -0.4 is 16.1 Å². The number of aromatic nitrogens is 3. The third-order valence-corrected chi connectivity index (χ3v) is 4.49. The molecule has 26 heavy (non-hydrogen) atoms. The predicted octanol–water partition coefficient (Wildman–Crippen LogP) is 1.46. The van der Waals surface area contributed by atoms with E-state index in [4.69, 9.17) is 18.0 Å². The van der Waals surface area contributed by atoms with E-state index in [-0.39, 0.29) is 31.2 Å². The standard InChI is InChI=1S/C13H13F4N5O2S2/c1-3-26(24)20-8-5-9(7(14)4-6(8)10(18)25)22-12(23)21(2)11(19-22)13(15,16)17/h4-5,20H,3H2,1-2H3,(H2,18,25). The largest absolute Gasteiger partial charge is 0.593 e. The van der Waals surface area contributed by atoms with Gasteiger partial charge in [-0.3, -0.25) is 4.57 Å². The number of nitrogens with two attached hydrogens (primary N) is 1. The van der Waals surface area contributed by atoms with Crippen LogP contribution in [0.3, 0.4) is 0 Å². The Morgan fingerprint density at radius 2 is 2.08 bits per heavy atom. The number of thiocarbonyl (C=S) groups is 1. The molecule has 0 spiro atoms. The number of hydrogen-bond acceptors (Lipinski definition) is 5. The quantitative estimate of drug-likeness (QED) is 0.439. The maximum atomic E-state index is 14.4. The molecule has 3 N–H and O–H groups in total. The Kier molecular flexibility index (Phi) is 5.63. The molecule has 1 aromatic carbocycles. The molecule has 0 aliphatic carbocycles. The van der Waals surface area contributed by atoms with Crippen LogP contribution in [0.25, 0.3) is 5.69 Å². The smallest absolute Gasteiger partial charge is 0.451 e. The lowest BCUT2D eigenvalue weighted by Crippen LogP contribution is -2.25. The zero-order chi connectivity index (χ0) is 19.8. The number of rotatable bonds is 5. The predicted molar refractivity (Wildman–Crippen MR) is 92.0 cm³/mol. The van der Waals surface area contributed by atoms with Crippen LogP contribution in [0, 0.1) is 5.82 Å². The van der Waals surface area contributed by atoms with Gasteiger partial charge in [-0.1, -0.05) is 12.2 Å². The van der Waals surface area contributed by atoms with Crippen molar-refractivity contribution in [1.82, 2.24) is 14.3 Å². The van der Waals surface area contributed by atoms with E-state index >= 15 is 0 Å². The lowest BCUT2D eigenvalue weighted by Gasteiger charge is -2.15. The number of nitrogens with one attached hydrogen (secondary N) is 1. The second-order valence-electron chi connectivity index (χ2n) is 5.02. The van der Waals surface area contributed by atoms with Crippen LogP contribution in [-0.4, -0.2) is 29.6 Å². The second kappa shape index (κ2) is 7.25. The van der Waals surface area contributed by atoms with Crippen molar-refractivity contribution in [3.8, 4) is 5.69 Å². The summed E-state index contributed by atoms with van der Waals surface area (Å²) in [6.07, 6.45) is -4.90. The molecule has 2 aromatic rings. The summed E-state index contributed by atoms with van der Waals surface area (Å²) in [5.74, 6) is -2.38. The fraction of sp³-hybridized carbons (Fsp3) is 0.308. The molecule has 1 aromatic heterocycles. The van der Waals surface area contributed by atoms with Gasteiger partial charge in [-0.15, -0.1) is 5.10 Å². The molecule has 1 unspecified atom stereocenters. The highest BCUT2D eigenvalue weighted by atomic mass is 32.2. The molecule has 2 rings (SSSR count). The van der Waals surface area contributed by atoms with E-state index in [1.165, 1.54) is 0 Å². The molecule has 0 aliphatic rings. The normalized spacial score (nSPS) is 12.9. The summed E-state index contributed by atoms with van der Waals surface area (Å²) < 4.78 is 67.9. The SMILES string of the molecule is CC[S+]([O-])Nc1cc(-n2nc(C(F)(F)F)n(C)c2=O)c(F)cc1C(N)=S. The van der Waals surface area contributed by atoms with Gasteiger partial charge >= 0.3 is 11.9 Å². The van der Waals surface area contributed by atoms with Crippen molar-refractivity contribution in [3.63, 3.8) is 0 Å². The van der Waals surface area contributed by atoms with Crippen molar-refractivity contribution < 1.29 is 22.1 Å². The summed E-state index contributed by atoms with van der Waals surface area (Å²) >= 11 is 3.22. The van der Waals surface area contributed by atoms with Gasteiger partial charge in [0.1, 0.15) is 22.2 Å². The first kappa shape index (κ1) is 20.2. The van der Waals surface area contributed by atoms with Crippen LogP contribution in [0.1, 0.15) is 18.3 Å². The Bertz CT molecular complexity index is 909. The van der Waals surface area contributed by atoms with Gasteiger partial charge in [-0.25, -0.2) is 13.9 Å². The summed E-state index contributed by atoms with van der Waals surface area (Å²) in [4.78, 5) is 11.8. The molecule has 1 heterocycles. The number of nitrogens with zero attached hydrogens (tertiary/aromatic N) is 3. The summed E-state index contributed by atoms with van der Waals surface area (Å²) in [6.45, 7) is 1.60. The van der Waals surface area contributed by atoms with Gasteiger partial charge in [0.15, 0.2) is 0 Å². The first-order valence-electron chi connectivity index (χ1n) is 6.99. The monoisotopic (exact) mass is 411 g/mol. The number of alkyl halides is 3. The Morgan fingerprint density at radius 1 is 1.46 bits per heavy atom. The van der Waals surface area contributed by atoms with Crippen LogP contribution in [0.5, 0.6) is 0 Å². The summed E-state index contributed by atoms with van der Waals surface area (Å²) in [5, 5.41) is 3.16. The molecule has 0 fully saturated rings. The van der Waals surface area contributed by atoms with Crippen molar-refractivity contribution in [3.05, 3.63) is 39.8 Å². The van der Waals surface area contributed by atoms with Crippen LogP contribution in [0.2, 0.25) is 0 Å². The van der Waals surface area contributed by atoms with Crippen molar-refractivity contribution in [2.75, 3.05) is 10.5 Å². The van der Waals surface area contributed by atoms with Gasteiger partial charge in [0, 0.05) is 12.6 Å². The average Bonchev–Trinajstić information content (AvgIpc) is 2.84. The van der Waals surface area contributed by atoms with Gasteiger partial charge in [0.2, 0.25) is 5.82 Å².